The Morgan fingerprint density at radius 2 is 1.62 bits per heavy atom. The van der Waals surface area contributed by atoms with E-state index in [9.17, 15) is 9.59 Å². The van der Waals surface area contributed by atoms with E-state index < -0.39 is 11.8 Å². The third kappa shape index (κ3) is 6.78. The van der Waals surface area contributed by atoms with E-state index in [1.807, 2.05) is 30.3 Å². The van der Waals surface area contributed by atoms with Crippen molar-refractivity contribution in [3.05, 3.63) is 99.0 Å². The molecule has 0 aliphatic carbocycles. The van der Waals surface area contributed by atoms with Gasteiger partial charge in [0.25, 0.3) is 11.8 Å². The molecule has 3 rings (SSSR count). The molecule has 0 radical (unpaired) electrons. The molecule has 0 aromatic heterocycles. The van der Waals surface area contributed by atoms with Crippen LogP contribution in [0.3, 0.4) is 0 Å². The molecule has 0 saturated carbocycles. The SMILES string of the molecule is O=C(NNC(=S)NC(=O)c1cc(Br)ccc1OCCc1ccccc1)c1ccccc1Cl. The summed E-state index contributed by atoms with van der Waals surface area (Å²) in [7, 11) is 0. The Hall–Kier alpha value is -2.94. The number of amides is 2. The van der Waals surface area contributed by atoms with Crippen LogP contribution < -0.4 is 20.9 Å². The lowest BCUT2D eigenvalue weighted by atomic mass is 10.1. The number of hydrogen-bond donors (Lipinski definition) is 3. The van der Waals surface area contributed by atoms with Gasteiger partial charge in [0.15, 0.2) is 5.11 Å². The molecule has 0 aliphatic rings. The second-order valence-corrected chi connectivity index (χ2v) is 8.30. The number of carbonyl (C=O) groups excluding carboxylic acids is 2. The maximum absolute atomic E-state index is 12.8. The molecule has 3 aromatic carbocycles. The van der Waals surface area contributed by atoms with E-state index >= 15 is 0 Å². The minimum atomic E-state index is -0.486. The number of thiocarbonyl (C=S) groups is 1. The minimum absolute atomic E-state index is 0.0781. The van der Waals surface area contributed by atoms with Gasteiger partial charge in [0.1, 0.15) is 5.75 Å². The molecule has 164 valence electrons. The van der Waals surface area contributed by atoms with Crippen molar-refractivity contribution in [3.8, 4) is 5.75 Å². The lowest BCUT2D eigenvalue weighted by Gasteiger charge is -2.14. The van der Waals surface area contributed by atoms with Crippen molar-refractivity contribution >= 4 is 56.7 Å². The summed E-state index contributed by atoms with van der Waals surface area (Å²) in [6.45, 7) is 0.405. The maximum atomic E-state index is 12.8. The second-order valence-electron chi connectivity index (χ2n) is 6.57. The largest absolute Gasteiger partial charge is 0.492 e. The molecule has 0 aliphatic heterocycles. The summed E-state index contributed by atoms with van der Waals surface area (Å²) in [5.74, 6) is -0.547. The molecular formula is C23H19BrClN3O3S. The highest BCUT2D eigenvalue weighted by atomic mass is 79.9. The normalized spacial score (nSPS) is 10.2. The topological polar surface area (TPSA) is 79.5 Å². The number of rotatable bonds is 6. The quantitative estimate of drug-likeness (QED) is 0.318. The van der Waals surface area contributed by atoms with E-state index in [4.69, 9.17) is 28.6 Å². The summed E-state index contributed by atoms with van der Waals surface area (Å²) in [6, 6.07) is 21.6. The van der Waals surface area contributed by atoms with Crippen LogP contribution >= 0.6 is 39.7 Å². The Morgan fingerprint density at radius 1 is 0.906 bits per heavy atom. The molecule has 2 amide bonds. The maximum Gasteiger partial charge on any atom is 0.271 e. The summed E-state index contributed by atoms with van der Waals surface area (Å²) in [6.07, 6.45) is 0.700. The number of hydrazine groups is 1. The number of benzene rings is 3. The zero-order valence-corrected chi connectivity index (χ0v) is 19.9. The summed E-state index contributed by atoms with van der Waals surface area (Å²) < 4.78 is 6.55. The van der Waals surface area contributed by atoms with Crippen molar-refractivity contribution in [3.63, 3.8) is 0 Å². The van der Waals surface area contributed by atoms with Crippen molar-refractivity contribution in [1.29, 1.82) is 0 Å². The van der Waals surface area contributed by atoms with E-state index in [0.717, 1.165) is 5.56 Å². The molecule has 9 heteroatoms. The molecule has 0 unspecified atom stereocenters. The molecule has 0 saturated heterocycles. The van der Waals surface area contributed by atoms with Gasteiger partial charge in [-0.15, -0.1) is 0 Å². The van der Waals surface area contributed by atoms with Gasteiger partial charge in [-0.2, -0.15) is 0 Å². The third-order valence-corrected chi connectivity index (χ3v) is 5.34. The van der Waals surface area contributed by atoms with Crippen LogP contribution in [0, 0.1) is 0 Å². The van der Waals surface area contributed by atoms with Crippen molar-refractivity contribution in [2.45, 2.75) is 6.42 Å². The number of halogens is 2. The monoisotopic (exact) mass is 531 g/mol. The van der Waals surface area contributed by atoms with Gasteiger partial charge >= 0.3 is 0 Å². The fourth-order valence-corrected chi connectivity index (χ4v) is 3.48. The number of hydrogen-bond acceptors (Lipinski definition) is 4. The zero-order valence-electron chi connectivity index (χ0n) is 16.7. The molecule has 6 nitrogen and oxygen atoms in total. The molecule has 0 fully saturated rings. The van der Waals surface area contributed by atoms with Crippen LogP contribution in [0.1, 0.15) is 26.3 Å². The van der Waals surface area contributed by atoms with Gasteiger partial charge in [0, 0.05) is 10.9 Å². The van der Waals surface area contributed by atoms with E-state index in [1.54, 1.807) is 42.5 Å². The van der Waals surface area contributed by atoms with E-state index in [0.29, 0.717) is 33.8 Å². The molecule has 0 heterocycles. The molecule has 32 heavy (non-hydrogen) atoms. The standard InChI is InChI=1S/C23H19BrClN3O3S/c24-16-10-11-20(31-13-12-15-6-2-1-3-7-15)18(14-16)21(29)26-23(32)28-27-22(30)17-8-4-5-9-19(17)25/h1-11,14H,12-13H2,(H,27,30)(H2,26,28,29,32). The third-order valence-electron chi connectivity index (χ3n) is 4.31. The zero-order chi connectivity index (χ0) is 22.9. The van der Waals surface area contributed by atoms with Crippen LogP contribution in [0.25, 0.3) is 0 Å². The summed E-state index contributed by atoms with van der Waals surface area (Å²) in [4.78, 5) is 25.0. The van der Waals surface area contributed by atoms with Crippen LogP contribution in [-0.4, -0.2) is 23.5 Å². The van der Waals surface area contributed by atoms with Crippen molar-refractivity contribution in [2.75, 3.05) is 6.61 Å². The summed E-state index contributed by atoms with van der Waals surface area (Å²) in [5.41, 5.74) is 6.61. The Bertz CT molecular complexity index is 1130. The fraction of sp³-hybridized carbons (Fsp3) is 0.0870. The van der Waals surface area contributed by atoms with E-state index in [1.165, 1.54) is 0 Å². The van der Waals surface area contributed by atoms with Crippen molar-refractivity contribution in [2.24, 2.45) is 0 Å². The lowest BCUT2D eigenvalue weighted by molar-refractivity contribution is 0.0933. The van der Waals surface area contributed by atoms with Crippen LogP contribution in [0.15, 0.2) is 77.3 Å². The lowest BCUT2D eigenvalue weighted by Crippen LogP contribution is -2.48. The van der Waals surface area contributed by atoms with Gasteiger partial charge in [-0.05, 0) is 48.1 Å². The van der Waals surface area contributed by atoms with Gasteiger partial charge in [-0.1, -0.05) is 70.0 Å². The van der Waals surface area contributed by atoms with Gasteiger partial charge in [-0.3, -0.25) is 25.8 Å². The first-order valence-corrected chi connectivity index (χ1v) is 11.1. The van der Waals surface area contributed by atoms with Crippen molar-refractivity contribution < 1.29 is 14.3 Å². The highest BCUT2D eigenvalue weighted by Crippen LogP contribution is 2.23. The Balaban J connectivity index is 1.57. The number of carbonyl (C=O) groups is 2. The van der Waals surface area contributed by atoms with E-state index in [-0.39, 0.29) is 10.7 Å². The Kier molecular flexibility index (Phi) is 8.61. The predicted molar refractivity (Wildman–Crippen MR) is 132 cm³/mol. The molecule has 0 spiro atoms. The molecule has 0 bridgehead atoms. The van der Waals surface area contributed by atoms with E-state index in [2.05, 4.69) is 32.1 Å². The summed E-state index contributed by atoms with van der Waals surface area (Å²) >= 11 is 14.5. The minimum Gasteiger partial charge on any atom is -0.492 e. The average molecular weight is 533 g/mol. The predicted octanol–water partition coefficient (Wildman–Crippen LogP) is 4.67. The van der Waals surface area contributed by atoms with Crippen LogP contribution in [0.4, 0.5) is 0 Å². The first-order chi connectivity index (χ1) is 15.4. The Morgan fingerprint density at radius 3 is 2.38 bits per heavy atom. The molecule has 0 atom stereocenters. The number of nitrogens with one attached hydrogen (secondary N) is 3. The van der Waals surface area contributed by atoms with Gasteiger partial charge in [0.2, 0.25) is 0 Å². The van der Waals surface area contributed by atoms with Crippen molar-refractivity contribution in [1.82, 2.24) is 16.2 Å². The first kappa shape index (κ1) is 23.7. The van der Waals surface area contributed by atoms with Gasteiger partial charge in [-0.25, -0.2) is 0 Å². The van der Waals surface area contributed by atoms with Crippen LogP contribution in [-0.2, 0) is 6.42 Å². The molecule has 3 aromatic rings. The van der Waals surface area contributed by atoms with Gasteiger partial charge in [0.05, 0.1) is 22.8 Å². The smallest absolute Gasteiger partial charge is 0.271 e. The highest BCUT2D eigenvalue weighted by Gasteiger charge is 2.16. The summed E-state index contributed by atoms with van der Waals surface area (Å²) in [5, 5.41) is 2.75. The highest BCUT2D eigenvalue weighted by molar-refractivity contribution is 9.10. The molecular weight excluding hydrogens is 514 g/mol. The Labute approximate surface area is 204 Å². The van der Waals surface area contributed by atoms with Crippen LogP contribution in [0.5, 0.6) is 5.75 Å². The second kappa shape index (κ2) is 11.6. The first-order valence-electron chi connectivity index (χ1n) is 9.56. The van der Waals surface area contributed by atoms with Gasteiger partial charge < -0.3 is 4.74 Å². The fourth-order valence-electron chi connectivity index (χ4n) is 2.76. The van der Waals surface area contributed by atoms with Crippen LogP contribution in [0.2, 0.25) is 5.02 Å². The molecule has 3 N–H and O–H groups in total. The average Bonchev–Trinajstić information content (AvgIpc) is 2.79. The number of ether oxygens (including phenoxy) is 1.